The van der Waals surface area contributed by atoms with Gasteiger partial charge in [-0.2, -0.15) is 0 Å². The summed E-state index contributed by atoms with van der Waals surface area (Å²) in [6.45, 7) is 1.96. The predicted octanol–water partition coefficient (Wildman–Crippen LogP) is 1.45. The van der Waals surface area contributed by atoms with Crippen molar-refractivity contribution in [2.24, 2.45) is 0 Å². The molecule has 2 amide bonds. The number of nitrogens with one attached hydrogen (secondary N) is 2. The summed E-state index contributed by atoms with van der Waals surface area (Å²) in [4.78, 5) is 38.6. The van der Waals surface area contributed by atoms with Crippen LogP contribution in [0.5, 0.6) is 0 Å². The first-order valence-electron chi connectivity index (χ1n) is 9.37. The molecular weight excluding hydrogens is 370 g/mol. The number of hydrogen-bond donors (Lipinski definition) is 2. The topological polar surface area (TPSA) is 117 Å². The number of amides is 2. The van der Waals surface area contributed by atoms with Crippen molar-refractivity contribution in [1.82, 2.24) is 30.5 Å². The molecule has 9 nitrogen and oxygen atoms in total. The van der Waals surface area contributed by atoms with Gasteiger partial charge in [-0.15, -0.1) is 10.2 Å². The number of H-pyrrole nitrogens is 1. The van der Waals surface area contributed by atoms with Gasteiger partial charge in [0.2, 0.25) is 5.82 Å². The summed E-state index contributed by atoms with van der Waals surface area (Å²) in [6, 6.07) is 9.06. The summed E-state index contributed by atoms with van der Waals surface area (Å²) in [6.07, 6.45) is 4.12. The van der Waals surface area contributed by atoms with Gasteiger partial charge in [-0.3, -0.25) is 19.5 Å². The van der Waals surface area contributed by atoms with Crippen molar-refractivity contribution in [3.63, 3.8) is 0 Å². The minimum absolute atomic E-state index is 0.0405. The fourth-order valence-electron chi connectivity index (χ4n) is 3.47. The lowest BCUT2D eigenvalue weighted by atomic mass is 9.99. The molecule has 2 N–H and O–H groups in total. The average molecular weight is 391 g/mol. The van der Waals surface area contributed by atoms with E-state index in [0.717, 1.165) is 11.3 Å². The van der Waals surface area contributed by atoms with Gasteiger partial charge in [0.1, 0.15) is 11.9 Å². The number of aromatic amines is 1. The van der Waals surface area contributed by atoms with E-state index in [2.05, 4.69) is 30.5 Å². The second-order valence-corrected chi connectivity index (χ2v) is 7.11. The second kappa shape index (κ2) is 7.78. The van der Waals surface area contributed by atoms with Crippen LogP contribution in [0.3, 0.4) is 0 Å². The quantitative estimate of drug-likeness (QED) is 0.695. The van der Waals surface area contributed by atoms with E-state index in [1.165, 1.54) is 4.90 Å². The highest BCUT2D eigenvalue weighted by atomic mass is 16.2. The minimum Gasteiger partial charge on any atom is -0.337 e. The zero-order chi connectivity index (χ0) is 20.4. The highest BCUT2D eigenvalue weighted by molar-refractivity contribution is 6.01. The number of benzene rings is 1. The Bertz CT molecular complexity index is 1030. The van der Waals surface area contributed by atoms with Gasteiger partial charge in [0.05, 0.1) is 5.69 Å². The maximum atomic E-state index is 12.9. The molecule has 2 aromatic heterocycles. The highest BCUT2D eigenvalue weighted by Crippen LogP contribution is 2.30. The standard InChI is InChI=1S/C20H21N7O2/c1-12-10-14(20(29)27(2)18-16(12)21-8-9-22-18)23-19(28)17-24-15(25-26-17)11-13-6-4-3-5-7-13/h3-9,12,14H,10-11H2,1-2H3,(H,23,28)(H,24,25,26)/t12-,14-/m0/s1. The molecule has 0 fully saturated rings. The summed E-state index contributed by atoms with van der Waals surface area (Å²) in [5, 5.41) is 10.8. The van der Waals surface area contributed by atoms with Crippen LogP contribution >= 0.6 is 0 Å². The van der Waals surface area contributed by atoms with Crippen LogP contribution in [0.4, 0.5) is 5.82 Å². The monoisotopic (exact) mass is 391 g/mol. The zero-order valence-corrected chi connectivity index (χ0v) is 16.2. The van der Waals surface area contributed by atoms with Crippen LogP contribution < -0.4 is 10.2 Å². The number of likely N-dealkylation sites (N-methyl/N-ethyl adjacent to an activating group) is 1. The van der Waals surface area contributed by atoms with Crippen LogP contribution in [-0.2, 0) is 11.2 Å². The Morgan fingerprint density at radius 2 is 1.97 bits per heavy atom. The van der Waals surface area contributed by atoms with Crippen molar-refractivity contribution < 1.29 is 9.59 Å². The van der Waals surface area contributed by atoms with Gasteiger partial charge < -0.3 is 10.3 Å². The van der Waals surface area contributed by atoms with E-state index in [-0.39, 0.29) is 17.6 Å². The van der Waals surface area contributed by atoms with E-state index in [0.29, 0.717) is 24.5 Å². The lowest BCUT2D eigenvalue weighted by Crippen LogP contribution is -2.47. The molecular formula is C20H21N7O2. The molecule has 2 atom stereocenters. The number of carbonyl (C=O) groups excluding carboxylic acids is 2. The van der Waals surface area contributed by atoms with Crippen molar-refractivity contribution in [2.75, 3.05) is 11.9 Å². The first kappa shape index (κ1) is 18.7. The molecule has 1 aliphatic heterocycles. The Hall–Kier alpha value is -3.62. The average Bonchev–Trinajstić information content (AvgIpc) is 3.18. The first-order chi connectivity index (χ1) is 14.0. The summed E-state index contributed by atoms with van der Waals surface area (Å²) in [5.74, 6) is 0.431. The number of rotatable bonds is 4. The molecule has 1 aromatic carbocycles. The Balaban J connectivity index is 1.48. The molecule has 9 heteroatoms. The maximum absolute atomic E-state index is 12.9. The summed E-state index contributed by atoms with van der Waals surface area (Å²) in [5.41, 5.74) is 1.80. The zero-order valence-electron chi connectivity index (χ0n) is 16.2. The largest absolute Gasteiger partial charge is 0.337 e. The van der Waals surface area contributed by atoms with Crippen molar-refractivity contribution in [3.8, 4) is 0 Å². The number of fused-ring (bicyclic) bond motifs is 1. The summed E-state index contributed by atoms with van der Waals surface area (Å²) >= 11 is 0. The molecule has 0 spiro atoms. The van der Waals surface area contributed by atoms with Crippen LogP contribution in [-0.4, -0.2) is 50.1 Å². The van der Waals surface area contributed by atoms with E-state index < -0.39 is 11.9 Å². The molecule has 0 saturated carbocycles. The fourth-order valence-corrected chi connectivity index (χ4v) is 3.47. The van der Waals surface area contributed by atoms with Crippen LogP contribution in [0.1, 0.15) is 47.0 Å². The Morgan fingerprint density at radius 1 is 1.21 bits per heavy atom. The van der Waals surface area contributed by atoms with E-state index in [1.54, 1.807) is 19.4 Å². The second-order valence-electron chi connectivity index (χ2n) is 7.11. The molecule has 4 rings (SSSR count). The molecule has 29 heavy (non-hydrogen) atoms. The molecule has 0 aliphatic carbocycles. The van der Waals surface area contributed by atoms with Crippen molar-refractivity contribution >= 4 is 17.6 Å². The number of nitrogens with zero attached hydrogens (tertiary/aromatic N) is 5. The first-order valence-corrected chi connectivity index (χ1v) is 9.37. The Labute approximate surface area is 167 Å². The molecule has 148 valence electrons. The number of carbonyl (C=O) groups is 2. The van der Waals surface area contributed by atoms with Gasteiger partial charge in [-0.25, -0.2) is 4.98 Å². The van der Waals surface area contributed by atoms with Crippen molar-refractivity contribution in [3.05, 3.63) is 65.6 Å². The lowest BCUT2D eigenvalue weighted by molar-refractivity contribution is -0.120. The van der Waals surface area contributed by atoms with Gasteiger partial charge in [0.25, 0.3) is 11.8 Å². The predicted molar refractivity (Wildman–Crippen MR) is 105 cm³/mol. The van der Waals surface area contributed by atoms with Gasteiger partial charge in [-0.05, 0) is 12.0 Å². The van der Waals surface area contributed by atoms with Gasteiger partial charge in [0.15, 0.2) is 5.82 Å². The molecule has 0 unspecified atom stereocenters. The summed E-state index contributed by atoms with van der Waals surface area (Å²) in [7, 11) is 1.64. The molecule has 3 aromatic rings. The maximum Gasteiger partial charge on any atom is 0.289 e. The molecule has 3 heterocycles. The third-order valence-corrected chi connectivity index (χ3v) is 4.98. The molecule has 0 saturated heterocycles. The van der Waals surface area contributed by atoms with Crippen LogP contribution in [0.25, 0.3) is 0 Å². The van der Waals surface area contributed by atoms with E-state index in [9.17, 15) is 9.59 Å². The van der Waals surface area contributed by atoms with Crippen LogP contribution in [0.2, 0.25) is 0 Å². The van der Waals surface area contributed by atoms with Crippen molar-refractivity contribution in [2.45, 2.75) is 31.7 Å². The van der Waals surface area contributed by atoms with Crippen molar-refractivity contribution in [1.29, 1.82) is 0 Å². The number of aromatic nitrogens is 5. The molecule has 0 bridgehead atoms. The third-order valence-electron chi connectivity index (χ3n) is 4.98. The smallest absolute Gasteiger partial charge is 0.289 e. The third kappa shape index (κ3) is 3.84. The van der Waals surface area contributed by atoms with E-state index in [4.69, 9.17) is 0 Å². The highest BCUT2D eigenvalue weighted by Gasteiger charge is 2.34. The summed E-state index contributed by atoms with van der Waals surface area (Å²) < 4.78 is 0. The SMILES string of the molecule is C[C@H]1C[C@H](NC(=O)c2nnc(Cc3ccccc3)[nH]2)C(=O)N(C)c2nccnc21. The lowest BCUT2D eigenvalue weighted by Gasteiger charge is -2.20. The fraction of sp³-hybridized carbons (Fsp3) is 0.300. The minimum atomic E-state index is -0.707. The van der Waals surface area contributed by atoms with Gasteiger partial charge >= 0.3 is 0 Å². The number of hydrogen-bond acceptors (Lipinski definition) is 6. The van der Waals surface area contributed by atoms with E-state index >= 15 is 0 Å². The normalized spacial score (nSPS) is 18.8. The van der Waals surface area contributed by atoms with Gasteiger partial charge in [-0.1, -0.05) is 37.3 Å². The molecule has 0 radical (unpaired) electrons. The van der Waals surface area contributed by atoms with Gasteiger partial charge in [0, 0.05) is 31.8 Å². The van der Waals surface area contributed by atoms with Crippen LogP contribution in [0.15, 0.2) is 42.7 Å². The van der Waals surface area contributed by atoms with Crippen LogP contribution in [0, 0.1) is 0 Å². The number of anilines is 1. The molecule has 1 aliphatic rings. The van der Waals surface area contributed by atoms with E-state index in [1.807, 2.05) is 37.3 Å². The Morgan fingerprint density at radius 3 is 2.76 bits per heavy atom. The Kier molecular flexibility index (Phi) is 5.03.